The van der Waals surface area contributed by atoms with Gasteiger partial charge in [0.05, 0.1) is 7.11 Å². The molecule has 2 amide bonds. The van der Waals surface area contributed by atoms with Gasteiger partial charge in [-0.25, -0.2) is 4.79 Å². The van der Waals surface area contributed by atoms with E-state index in [9.17, 15) is 9.59 Å². The highest BCUT2D eigenvalue weighted by molar-refractivity contribution is 5.96. The Hall–Kier alpha value is -2.44. The van der Waals surface area contributed by atoms with Crippen molar-refractivity contribution >= 4 is 17.7 Å². The molecule has 0 unspecified atom stereocenters. The van der Waals surface area contributed by atoms with Gasteiger partial charge in [0.1, 0.15) is 0 Å². The van der Waals surface area contributed by atoms with Crippen molar-refractivity contribution in [3.8, 4) is 11.5 Å². The van der Waals surface area contributed by atoms with Crippen LogP contribution in [0.5, 0.6) is 11.5 Å². The summed E-state index contributed by atoms with van der Waals surface area (Å²) in [4.78, 5) is 24.9. The standard InChI is InChI=1S/C14H16N2O5/c1-19-14(18)15-6-9-4-13(17)16(7-9)10-2-3-11-12(5-10)21-8-20-11/h2-3,5,9H,4,6-8H2,1H3,(H,15,18)/t9-/m0/s1. The number of fused-ring (bicyclic) bond motifs is 1. The van der Waals surface area contributed by atoms with Crippen LogP contribution in [-0.4, -0.2) is 39.0 Å². The Kier molecular flexibility index (Phi) is 3.55. The van der Waals surface area contributed by atoms with Crippen molar-refractivity contribution in [2.24, 2.45) is 5.92 Å². The fourth-order valence-electron chi connectivity index (χ4n) is 2.52. The predicted molar refractivity (Wildman–Crippen MR) is 73.4 cm³/mol. The minimum Gasteiger partial charge on any atom is -0.454 e. The normalized spacial score (nSPS) is 19.8. The highest BCUT2D eigenvalue weighted by Gasteiger charge is 2.31. The fraction of sp³-hybridized carbons (Fsp3) is 0.429. The molecule has 7 heteroatoms. The minimum absolute atomic E-state index is 0.0329. The summed E-state index contributed by atoms with van der Waals surface area (Å²) in [6, 6.07) is 5.43. The number of methoxy groups -OCH3 is 1. The van der Waals surface area contributed by atoms with E-state index < -0.39 is 6.09 Å². The maximum absolute atomic E-state index is 12.1. The zero-order valence-electron chi connectivity index (χ0n) is 11.6. The Morgan fingerprint density at radius 1 is 1.43 bits per heavy atom. The van der Waals surface area contributed by atoms with Crippen molar-refractivity contribution in [1.29, 1.82) is 0 Å². The quantitative estimate of drug-likeness (QED) is 0.903. The van der Waals surface area contributed by atoms with Gasteiger partial charge in [0.15, 0.2) is 11.5 Å². The Bertz CT molecular complexity index is 574. The van der Waals surface area contributed by atoms with Gasteiger partial charge in [-0.3, -0.25) is 4.79 Å². The molecule has 0 aliphatic carbocycles. The van der Waals surface area contributed by atoms with Crippen LogP contribution in [0.15, 0.2) is 18.2 Å². The van der Waals surface area contributed by atoms with E-state index in [1.54, 1.807) is 17.0 Å². The number of carbonyl (C=O) groups is 2. The van der Waals surface area contributed by atoms with Crippen LogP contribution in [0.3, 0.4) is 0 Å². The maximum Gasteiger partial charge on any atom is 0.406 e. The third-order valence-corrected chi connectivity index (χ3v) is 3.59. The first-order valence-electron chi connectivity index (χ1n) is 6.69. The zero-order chi connectivity index (χ0) is 14.8. The first kappa shape index (κ1) is 13.5. The molecule has 3 rings (SSSR count). The van der Waals surface area contributed by atoms with Crippen molar-refractivity contribution < 1.29 is 23.8 Å². The minimum atomic E-state index is -0.482. The van der Waals surface area contributed by atoms with Crippen molar-refractivity contribution in [2.75, 3.05) is 31.9 Å². The van der Waals surface area contributed by atoms with E-state index in [0.29, 0.717) is 31.0 Å². The number of rotatable bonds is 3. The van der Waals surface area contributed by atoms with E-state index in [-0.39, 0.29) is 18.6 Å². The smallest absolute Gasteiger partial charge is 0.406 e. The lowest BCUT2D eigenvalue weighted by Gasteiger charge is -2.17. The molecule has 21 heavy (non-hydrogen) atoms. The molecule has 0 spiro atoms. The van der Waals surface area contributed by atoms with Gasteiger partial charge in [-0.15, -0.1) is 0 Å². The summed E-state index contributed by atoms with van der Waals surface area (Å²) in [6.45, 7) is 1.18. The summed E-state index contributed by atoms with van der Waals surface area (Å²) in [5, 5.41) is 2.62. The van der Waals surface area contributed by atoms with Gasteiger partial charge >= 0.3 is 6.09 Å². The van der Waals surface area contributed by atoms with E-state index in [4.69, 9.17) is 9.47 Å². The summed E-state index contributed by atoms with van der Waals surface area (Å²) in [5.74, 6) is 1.44. The molecule has 1 N–H and O–H groups in total. The molecular formula is C14H16N2O5. The molecule has 2 aliphatic heterocycles. The van der Waals surface area contributed by atoms with Crippen LogP contribution in [-0.2, 0) is 9.53 Å². The average Bonchev–Trinajstić information content (AvgIpc) is 3.10. The average molecular weight is 292 g/mol. The van der Waals surface area contributed by atoms with Gasteiger partial charge in [-0.05, 0) is 12.1 Å². The van der Waals surface area contributed by atoms with Crippen LogP contribution in [0.25, 0.3) is 0 Å². The number of alkyl carbamates (subject to hydrolysis) is 1. The molecule has 112 valence electrons. The maximum atomic E-state index is 12.1. The number of nitrogens with one attached hydrogen (secondary N) is 1. The highest BCUT2D eigenvalue weighted by Crippen LogP contribution is 2.37. The fourth-order valence-corrected chi connectivity index (χ4v) is 2.52. The van der Waals surface area contributed by atoms with Crippen molar-refractivity contribution in [3.05, 3.63) is 18.2 Å². The highest BCUT2D eigenvalue weighted by atomic mass is 16.7. The van der Waals surface area contributed by atoms with Gasteiger partial charge in [0.2, 0.25) is 12.7 Å². The number of anilines is 1. The van der Waals surface area contributed by atoms with Gasteiger partial charge in [-0.1, -0.05) is 0 Å². The SMILES string of the molecule is COC(=O)NC[C@@H]1CC(=O)N(c2ccc3c(c2)OCO3)C1. The summed E-state index contributed by atoms with van der Waals surface area (Å²) in [7, 11) is 1.31. The van der Waals surface area contributed by atoms with Crippen LogP contribution in [0, 0.1) is 5.92 Å². The molecule has 0 saturated carbocycles. The number of hydrogen-bond donors (Lipinski definition) is 1. The lowest BCUT2D eigenvalue weighted by atomic mass is 10.1. The summed E-state index contributed by atoms with van der Waals surface area (Å²) >= 11 is 0. The van der Waals surface area contributed by atoms with E-state index in [0.717, 1.165) is 5.69 Å². The third kappa shape index (κ3) is 2.72. The monoisotopic (exact) mass is 292 g/mol. The number of carbonyl (C=O) groups excluding carboxylic acids is 2. The Labute approximate surface area is 121 Å². The zero-order valence-corrected chi connectivity index (χ0v) is 11.6. The van der Waals surface area contributed by atoms with Crippen LogP contribution < -0.4 is 19.7 Å². The molecule has 1 atom stereocenters. The van der Waals surface area contributed by atoms with Crippen molar-refractivity contribution in [3.63, 3.8) is 0 Å². The van der Waals surface area contributed by atoms with Crippen LogP contribution >= 0.6 is 0 Å². The molecule has 0 aromatic heterocycles. The van der Waals surface area contributed by atoms with Crippen LogP contribution in [0.4, 0.5) is 10.5 Å². The van der Waals surface area contributed by atoms with Crippen LogP contribution in [0.2, 0.25) is 0 Å². The topological polar surface area (TPSA) is 77.1 Å². The first-order valence-corrected chi connectivity index (χ1v) is 6.69. The summed E-state index contributed by atoms with van der Waals surface area (Å²) in [6.07, 6.45) is -0.0812. The van der Waals surface area contributed by atoms with Gasteiger partial charge < -0.3 is 24.4 Å². The molecular weight excluding hydrogens is 276 g/mol. The third-order valence-electron chi connectivity index (χ3n) is 3.59. The number of ether oxygens (including phenoxy) is 3. The van der Waals surface area contributed by atoms with Gasteiger partial charge in [0, 0.05) is 37.2 Å². The Morgan fingerprint density at radius 3 is 3.05 bits per heavy atom. The molecule has 2 aliphatic rings. The lowest BCUT2D eigenvalue weighted by molar-refractivity contribution is -0.117. The van der Waals surface area contributed by atoms with Crippen molar-refractivity contribution in [2.45, 2.75) is 6.42 Å². The molecule has 0 radical (unpaired) electrons. The summed E-state index contributed by atoms with van der Waals surface area (Å²) < 4.78 is 15.1. The largest absolute Gasteiger partial charge is 0.454 e. The second-order valence-corrected chi connectivity index (χ2v) is 4.98. The van der Waals surface area contributed by atoms with E-state index in [1.807, 2.05) is 6.07 Å². The number of benzene rings is 1. The predicted octanol–water partition coefficient (Wildman–Crippen LogP) is 1.12. The molecule has 2 heterocycles. The Morgan fingerprint density at radius 2 is 2.24 bits per heavy atom. The van der Waals surface area contributed by atoms with Gasteiger partial charge in [0.25, 0.3) is 0 Å². The van der Waals surface area contributed by atoms with E-state index in [2.05, 4.69) is 10.1 Å². The van der Waals surface area contributed by atoms with Crippen LogP contribution in [0.1, 0.15) is 6.42 Å². The molecule has 0 bridgehead atoms. The number of nitrogens with zero attached hydrogens (tertiary/aromatic N) is 1. The van der Waals surface area contributed by atoms with E-state index >= 15 is 0 Å². The molecule has 1 aromatic carbocycles. The first-order chi connectivity index (χ1) is 10.2. The molecule has 1 fully saturated rings. The van der Waals surface area contributed by atoms with E-state index in [1.165, 1.54) is 7.11 Å². The molecule has 1 aromatic rings. The lowest BCUT2D eigenvalue weighted by Crippen LogP contribution is -2.31. The molecule has 7 nitrogen and oxygen atoms in total. The summed E-state index contributed by atoms with van der Waals surface area (Å²) in [5.41, 5.74) is 0.782. The van der Waals surface area contributed by atoms with Gasteiger partial charge in [-0.2, -0.15) is 0 Å². The Balaban J connectivity index is 1.66. The number of hydrogen-bond acceptors (Lipinski definition) is 5. The number of amides is 2. The van der Waals surface area contributed by atoms with Crippen molar-refractivity contribution in [1.82, 2.24) is 5.32 Å². The second kappa shape index (κ2) is 5.51. The second-order valence-electron chi connectivity index (χ2n) is 4.98. The molecule has 1 saturated heterocycles.